The van der Waals surface area contributed by atoms with E-state index in [1.54, 1.807) is 12.1 Å². The smallest absolute Gasteiger partial charge is 0.326 e. The number of phenols is 1. The minimum absolute atomic E-state index is 0.00232. The number of carbonyl (C=O) groups is 4. The molecule has 41 heavy (non-hydrogen) atoms. The fourth-order valence-electron chi connectivity index (χ4n) is 3.70. The van der Waals surface area contributed by atoms with Crippen LogP contribution in [0.3, 0.4) is 0 Å². The lowest BCUT2D eigenvalue weighted by atomic mass is 10.0. The van der Waals surface area contributed by atoms with Crippen LogP contribution < -0.4 is 33.2 Å². The molecule has 2 aromatic rings. The van der Waals surface area contributed by atoms with E-state index in [1.165, 1.54) is 31.6 Å². The van der Waals surface area contributed by atoms with E-state index in [9.17, 15) is 34.5 Å². The summed E-state index contributed by atoms with van der Waals surface area (Å²) >= 11 is 0. The van der Waals surface area contributed by atoms with Gasteiger partial charge in [-0.05, 0) is 37.5 Å². The first-order valence-electron chi connectivity index (χ1n) is 12.8. The van der Waals surface area contributed by atoms with E-state index >= 15 is 0 Å². The van der Waals surface area contributed by atoms with Crippen molar-refractivity contribution in [2.24, 2.45) is 22.2 Å². The van der Waals surface area contributed by atoms with Crippen LogP contribution in [0.4, 0.5) is 0 Å². The Hall–Kier alpha value is -4.70. The predicted molar refractivity (Wildman–Crippen MR) is 147 cm³/mol. The first-order valence-corrected chi connectivity index (χ1v) is 12.8. The lowest BCUT2D eigenvalue weighted by Crippen LogP contribution is -2.59. The summed E-state index contributed by atoms with van der Waals surface area (Å²) in [5.74, 6) is -3.82. The van der Waals surface area contributed by atoms with Gasteiger partial charge < -0.3 is 53.5 Å². The van der Waals surface area contributed by atoms with Crippen LogP contribution in [-0.4, -0.2) is 91.8 Å². The molecule has 16 heteroatoms. The summed E-state index contributed by atoms with van der Waals surface area (Å²) < 4.78 is 0. The highest BCUT2D eigenvalue weighted by molar-refractivity contribution is 5.94. The summed E-state index contributed by atoms with van der Waals surface area (Å²) in [6, 6.07) is 0.758. The van der Waals surface area contributed by atoms with Gasteiger partial charge in [0.05, 0.1) is 12.4 Å². The number of aromatic hydroxyl groups is 1. The van der Waals surface area contributed by atoms with Crippen LogP contribution in [0.5, 0.6) is 5.75 Å². The average molecular weight is 576 g/mol. The normalized spacial score (nSPS) is 14.5. The number of aliphatic hydroxyl groups is 1. The van der Waals surface area contributed by atoms with Gasteiger partial charge in [-0.15, -0.1) is 0 Å². The minimum atomic E-state index is -1.33. The molecule has 0 radical (unpaired) electrons. The first kappa shape index (κ1) is 32.5. The number of amides is 3. The number of aliphatic carboxylic acids is 1. The van der Waals surface area contributed by atoms with Gasteiger partial charge in [0.15, 0.2) is 5.96 Å². The number of carboxylic acid groups (broad SMARTS) is 1. The fourth-order valence-corrected chi connectivity index (χ4v) is 3.70. The number of aromatic amines is 1. The highest BCUT2D eigenvalue weighted by atomic mass is 16.4. The number of nitrogens with zero attached hydrogens (tertiary/aromatic N) is 2. The van der Waals surface area contributed by atoms with Crippen LogP contribution in [0.25, 0.3) is 0 Å². The number of aliphatic imine (C=N–C) groups is 1. The predicted octanol–water partition coefficient (Wildman–Crippen LogP) is -2.80. The van der Waals surface area contributed by atoms with Gasteiger partial charge in [0.25, 0.3) is 0 Å². The number of nitrogens with one attached hydrogen (secondary N) is 4. The number of guanidine groups is 1. The number of phenolic OH excluding ortho intramolecular Hbond substituents is 1. The number of hydrogen-bond donors (Lipinski definition) is 10. The molecule has 0 aliphatic rings. The number of carbonyl (C=O) groups excluding carboxylic acids is 3. The lowest BCUT2D eigenvalue weighted by Gasteiger charge is -2.25. The van der Waals surface area contributed by atoms with Crippen LogP contribution in [0.1, 0.15) is 31.0 Å². The highest BCUT2D eigenvalue weighted by Gasteiger charge is 2.31. The molecule has 2 rings (SSSR count). The molecule has 0 bridgehead atoms. The third kappa shape index (κ3) is 11.1. The Morgan fingerprint density at radius 2 is 1.56 bits per heavy atom. The van der Waals surface area contributed by atoms with Crippen LogP contribution in [0, 0.1) is 0 Å². The van der Waals surface area contributed by atoms with E-state index in [0.29, 0.717) is 11.3 Å². The summed E-state index contributed by atoms with van der Waals surface area (Å²) in [6.07, 6.45) is 1.76. The van der Waals surface area contributed by atoms with Crippen molar-refractivity contribution in [3.8, 4) is 5.75 Å². The summed E-state index contributed by atoms with van der Waals surface area (Å²) in [7, 11) is 0. The van der Waals surface area contributed by atoms with Crippen LogP contribution >= 0.6 is 0 Å². The maximum Gasteiger partial charge on any atom is 0.326 e. The van der Waals surface area contributed by atoms with Crippen molar-refractivity contribution in [1.29, 1.82) is 0 Å². The Labute approximate surface area is 235 Å². The zero-order valence-electron chi connectivity index (χ0n) is 22.5. The first-order chi connectivity index (χ1) is 19.4. The zero-order chi connectivity index (χ0) is 30.5. The molecule has 224 valence electrons. The number of benzene rings is 1. The van der Waals surface area contributed by atoms with Gasteiger partial charge in [0.1, 0.15) is 29.9 Å². The Morgan fingerprint density at radius 1 is 0.976 bits per heavy atom. The van der Waals surface area contributed by atoms with E-state index in [1.807, 2.05) is 0 Å². The minimum Gasteiger partial charge on any atom is -0.508 e. The summed E-state index contributed by atoms with van der Waals surface area (Å²) in [4.78, 5) is 61.6. The van der Waals surface area contributed by atoms with Crippen molar-refractivity contribution >= 4 is 29.7 Å². The maximum atomic E-state index is 13.4. The largest absolute Gasteiger partial charge is 0.508 e. The van der Waals surface area contributed by atoms with Gasteiger partial charge >= 0.3 is 5.97 Å². The molecular formula is C25H37N9O7. The Bertz CT molecular complexity index is 1180. The van der Waals surface area contributed by atoms with Crippen LogP contribution in [0.2, 0.25) is 0 Å². The van der Waals surface area contributed by atoms with Crippen molar-refractivity contribution in [3.05, 3.63) is 48.0 Å². The van der Waals surface area contributed by atoms with E-state index < -0.39 is 54.0 Å². The number of nitrogens with two attached hydrogens (primary N) is 3. The number of H-pyrrole nitrogens is 1. The molecule has 0 saturated carbocycles. The molecule has 1 heterocycles. The lowest BCUT2D eigenvalue weighted by molar-refractivity contribution is -0.142. The van der Waals surface area contributed by atoms with Crippen molar-refractivity contribution in [3.63, 3.8) is 0 Å². The quantitative estimate of drug-likeness (QED) is 0.0554. The van der Waals surface area contributed by atoms with E-state index in [0.717, 1.165) is 0 Å². The van der Waals surface area contributed by atoms with E-state index in [4.69, 9.17) is 17.2 Å². The van der Waals surface area contributed by atoms with E-state index in [2.05, 4.69) is 30.9 Å². The van der Waals surface area contributed by atoms with Gasteiger partial charge in [-0.1, -0.05) is 12.1 Å². The van der Waals surface area contributed by atoms with Gasteiger partial charge in [-0.25, -0.2) is 9.78 Å². The number of carboxylic acids is 1. The number of hydrogen-bond acceptors (Lipinski definition) is 9. The molecule has 0 aliphatic heterocycles. The Morgan fingerprint density at radius 3 is 2.10 bits per heavy atom. The molecule has 0 aliphatic carbocycles. The monoisotopic (exact) mass is 575 g/mol. The van der Waals surface area contributed by atoms with Gasteiger partial charge in [-0.3, -0.25) is 19.4 Å². The Balaban J connectivity index is 2.25. The average Bonchev–Trinajstić information content (AvgIpc) is 3.43. The third-order valence-electron chi connectivity index (χ3n) is 6.00. The van der Waals surface area contributed by atoms with E-state index in [-0.39, 0.29) is 43.9 Å². The molecular weight excluding hydrogens is 538 g/mol. The summed E-state index contributed by atoms with van der Waals surface area (Å²) in [6.45, 7) is 1.48. The van der Waals surface area contributed by atoms with Crippen molar-refractivity contribution in [2.45, 2.75) is 62.9 Å². The number of aromatic nitrogens is 2. The molecule has 0 saturated heterocycles. The molecule has 0 spiro atoms. The second kappa shape index (κ2) is 15.8. The number of rotatable bonds is 16. The summed E-state index contributed by atoms with van der Waals surface area (Å²) in [5, 5.41) is 36.4. The highest BCUT2D eigenvalue weighted by Crippen LogP contribution is 2.12. The second-order valence-electron chi connectivity index (χ2n) is 9.39. The van der Waals surface area contributed by atoms with Crippen molar-refractivity contribution in [1.82, 2.24) is 25.9 Å². The molecule has 5 atom stereocenters. The molecule has 0 fully saturated rings. The molecule has 1 aromatic heterocycles. The standard InChI is InChI=1S/C25H37N9O7/c1-13(35)20(26)23(39)34-18(9-14-4-6-16(36)7-5-14)21(37)33-19(10-15-11-29-12-31-15)22(38)32-17(24(40)41)3-2-8-30-25(27)28/h4-7,11-13,17-20,35-36H,2-3,8-10,26H2,1H3,(H,29,31)(H,32,38)(H,33,37)(H,34,39)(H,40,41)(H4,27,28,30). The molecule has 5 unspecified atom stereocenters. The molecule has 13 N–H and O–H groups in total. The van der Waals surface area contributed by atoms with Crippen LogP contribution in [-0.2, 0) is 32.0 Å². The van der Waals surface area contributed by atoms with Crippen LogP contribution in [0.15, 0.2) is 41.8 Å². The second-order valence-corrected chi connectivity index (χ2v) is 9.39. The van der Waals surface area contributed by atoms with Gasteiger partial charge in [-0.2, -0.15) is 0 Å². The van der Waals surface area contributed by atoms with Gasteiger partial charge in [0.2, 0.25) is 17.7 Å². The molecule has 3 amide bonds. The molecule has 1 aromatic carbocycles. The number of imidazole rings is 1. The Kier molecular flexibility index (Phi) is 12.5. The molecule has 16 nitrogen and oxygen atoms in total. The zero-order valence-corrected chi connectivity index (χ0v) is 22.5. The topological polar surface area (TPSA) is 284 Å². The maximum absolute atomic E-state index is 13.4. The summed E-state index contributed by atoms with van der Waals surface area (Å²) in [5.41, 5.74) is 17.3. The van der Waals surface area contributed by atoms with Crippen molar-refractivity contribution in [2.75, 3.05) is 6.54 Å². The van der Waals surface area contributed by atoms with Crippen molar-refractivity contribution < 1.29 is 34.5 Å². The van der Waals surface area contributed by atoms with Gasteiger partial charge in [0, 0.05) is 31.3 Å². The third-order valence-corrected chi connectivity index (χ3v) is 6.00. The SMILES string of the molecule is CC(O)C(N)C(=O)NC(Cc1ccc(O)cc1)C(=O)NC(Cc1cnc[nH]1)C(=O)NC(CCCN=C(N)N)C(=O)O. The fraction of sp³-hybridized carbons (Fsp3) is 0.440. The number of aliphatic hydroxyl groups excluding tert-OH is 1.